The van der Waals surface area contributed by atoms with Gasteiger partial charge < -0.3 is 21.1 Å². The van der Waals surface area contributed by atoms with E-state index in [4.69, 9.17) is 16.9 Å². The van der Waals surface area contributed by atoms with Crippen LogP contribution in [-0.2, 0) is 19.1 Å². The monoisotopic (exact) mass is 458 g/mol. The summed E-state index contributed by atoms with van der Waals surface area (Å²) >= 11 is 0. The van der Waals surface area contributed by atoms with Crippen molar-refractivity contribution in [3.8, 4) is 12.5 Å². The Kier molecular flexibility index (Phi) is 9.47. The first-order valence-corrected chi connectivity index (χ1v) is 10.6. The number of carbonyl (C=O) groups excluding carboxylic acids is 4. The molecule has 0 aliphatic heterocycles. The Morgan fingerprint density at radius 1 is 1.09 bits per heavy atom. The second-order valence-electron chi connectivity index (χ2n) is 9.59. The van der Waals surface area contributed by atoms with Gasteiger partial charge in [-0.05, 0) is 53.5 Å². The highest BCUT2D eigenvalue weighted by Crippen LogP contribution is 2.23. The lowest BCUT2D eigenvalue weighted by Gasteiger charge is -2.32. The summed E-state index contributed by atoms with van der Waals surface area (Å²) < 4.78 is 5.23. The number of nitrogens with one attached hydrogen (secondary N) is 2. The molecule has 9 nitrogen and oxygen atoms in total. The molecule has 0 heterocycles. The minimum absolute atomic E-state index is 0.117. The summed E-state index contributed by atoms with van der Waals surface area (Å²) in [5.74, 6) is -1.90. The molecule has 1 aromatic carbocycles. The van der Waals surface area contributed by atoms with Gasteiger partial charge in [-0.2, -0.15) is 0 Å². The van der Waals surface area contributed by atoms with Crippen LogP contribution in [0.1, 0.15) is 66.0 Å². The zero-order valence-electron chi connectivity index (χ0n) is 20.1. The summed E-state index contributed by atoms with van der Waals surface area (Å²) in [6.07, 6.45) is 4.51. The molecule has 33 heavy (non-hydrogen) atoms. The molecule has 0 bridgehead atoms. The molecule has 0 fully saturated rings. The predicted octanol–water partition coefficient (Wildman–Crippen LogP) is 2.22. The second-order valence-corrected chi connectivity index (χ2v) is 9.59. The topological polar surface area (TPSA) is 131 Å². The van der Waals surface area contributed by atoms with Gasteiger partial charge in [0.05, 0.1) is 0 Å². The molecule has 0 aromatic heterocycles. The Labute approximate surface area is 195 Å². The summed E-state index contributed by atoms with van der Waals surface area (Å²) in [4.78, 5) is 51.2. The quantitative estimate of drug-likeness (QED) is 0.406. The first-order chi connectivity index (χ1) is 15.1. The molecule has 2 atom stereocenters. The predicted molar refractivity (Wildman–Crippen MR) is 124 cm³/mol. The molecule has 0 spiro atoms. The Hall–Kier alpha value is -3.54. The van der Waals surface area contributed by atoms with Gasteiger partial charge in [0.2, 0.25) is 11.8 Å². The highest BCUT2D eigenvalue weighted by atomic mass is 16.6. The fraction of sp³-hybridized carbons (Fsp3) is 0.500. The Bertz CT molecular complexity index is 894. The van der Waals surface area contributed by atoms with Crippen LogP contribution in [0.2, 0.25) is 0 Å². The van der Waals surface area contributed by atoms with E-state index in [1.54, 1.807) is 71.9 Å². The van der Waals surface area contributed by atoms with Crippen molar-refractivity contribution < 1.29 is 23.9 Å². The summed E-state index contributed by atoms with van der Waals surface area (Å²) in [5, 5.41) is 5.28. The number of nitrogens with two attached hydrogens (primary N) is 1. The molecule has 0 aliphatic rings. The number of hydrogen-bond acceptors (Lipinski definition) is 5. The largest absolute Gasteiger partial charge is 0.444 e. The highest BCUT2D eigenvalue weighted by molar-refractivity contribution is 5.93. The van der Waals surface area contributed by atoms with E-state index in [2.05, 4.69) is 16.7 Å². The number of carbonyl (C=O) groups is 4. The number of amides is 4. The van der Waals surface area contributed by atoms with Crippen LogP contribution in [0.4, 0.5) is 4.79 Å². The van der Waals surface area contributed by atoms with Crippen molar-refractivity contribution in [2.75, 3.05) is 0 Å². The minimum Gasteiger partial charge on any atom is -0.444 e. The van der Waals surface area contributed by atoms with E-state index in [0.717, 1.165) is 4.90 Å². The lowest BCUT2D eigenvalue weighted by molar-refractivity contribution is -0.139. The van der Waals surface area contributed by atoms with Crippen LogP contribution >= 0.6 is 0 Å². The van der Waals surface area contributed by atoms with Crippen molar-refractivity contribution in [3.05, 3.63) is 35.9 Å². The lowest BCUT2D eigenvalue weighted by Crippen LogP contribution is -2.53. The Morgan fingerprint density at radius 2 is 1.67 bits per heavy atom. The van der Waals surface area contributed by atoms with Crippen molar-refractivity contribution in [3.63, 3.8) is 0 Å². The van der Waals surface area contributed by atoms with Crippen LogP contribution in [-0.4, -0.2) is 45.9 Å². The molecule has 0 radical (unpaired) electrons. The molecule has 4 amide bonds. The zero-order chi connectivity index (χ0) is 25.4. The third-order valence-corrected chi connectivity index (χ3v) is 4.17. The molecule has 2 unspecified atom stereocenters. The van der Waals surface area contributed by atoms with Crippen molar-refractivity contribution in [2.24, 2.45) is 5.73 Å². The SMILES string of the molecule is C#CN(C(=O)C(CCC(N)=O)NC(=O)OC(C)(C)C)C(C(=O)NC(C)(C)C)c1ccccc1. The van der Waals surface area contributed by atoms with Crippen molar-refractivity contribution in [1.29, 1.82) is 0 Å². The standard InChI is InChI=1S/C24H34N4O5/c1-8-28(19(16-12-10-9-11-13-16)20(30)27-23(2,3)4)21(31)17(14-15-18(25)29)26-22(32)33-24(5,6)7/h1,9-13,17,19H,14-15H2,2-7H3,(H2,25,29)(H,26,32)(H,27,30). The first-order valence-electron chi connectivity index (χ1n) is 10.6. The fourth-order valence-electron chi connectivity index (χ4n) is 2.92. The average molecular weight is 459 g/mol. The fourth-order valence-corrected chi connectivity index (χ4v) is 2.92. The smallest absolute Gasteiger partial charge is 0.408 e. The summed E-state index contributed by atoms with van der Waals surface area (Å²) in [6, 6.07) is 8.41. The van der Waals surface area contributed by atoms with Gasteiger partial charge in [-0.1, -0.05) is 36.8 Å². The molecule has 4 N–H and O–H groups in total. The van der Waals surface area contributed by atoms with Gasteiger partial charge in [0.25, 0.3) is 5.91 Å². The van der Waals surface area contributed by atoms with Crippen LogP contribution in [0.3, 0.4) is 0 Å². The van der Waals surface area contributed by atoms with Gasteiger partial charge >= 0.3 is 6.09 Å². The maximum Gasteiger partial charge on any atom is 0.408 e. The maximum atomic E-state index is 13.5. The van der Waals surface area contributed by atoms with Gasteiger partial charge in [0.1, 0.15) is 17.7 Å². The van der Waals surface area contributed by atoms with Gasteiger partial charge in [0, 0.05) is 18.0 Å². The average Bonchev–Trinajstić information content (AvgIpc) is 2.66. The third kappa shape index (κ3) is 9.64. The van der Waals surface area contributed by atoms with Crippen LogP contribution in [0.5, 0.6) is 0 Å². The summed E-state index contributed by atoms with van der Waals surface area (Å²) in [7, 11) is 0. The van der Waals surface area contributed by atoms with Gasteiger partial charge in [-0.15, -0.1) is 0 Å². The van der Waals surface area contributed by atoms with Crippen LogP contribution < -0.4 is 16.4 Å². The molecular weight excluding hydrogens is 424 g/mol. The van der Waals surface area contributed by atoms with Crippen LogP contribution in [0.15, 0.2) is 30.3 Å². The van der Waals surface area contributed by atoms with E-state index in [0.29, 0.717) is 5.56 Å². The number of rotatable bonds is 8. The first kappa shape index (κ1) is 27.5. The molecule has 0 saturated carbocycles. The number of ether oxygens (including phenoxy) is 1. The van der Waals surface area contributed by atoms with Gasteiger partial charge in [-0.25, -0.2) is 4.79 Å². The Morgan fingerprint density at radius 3 is 2.12 bits per heavy atom. The Balaban J connectivity index is 3.34. The van der Waals surface area contributed by atoms with Crippen molar-refractivity contribution in [2.45, 2.75) is 77.6 Å². The van der Waals surface area contributed by atoms with E-state index >= 15 is 0 Å². The molecule has 9 heteroatoms. The lowest BCUT2D eigenvalue weighted by atomic mass is 10.0. The van der Waals surface area contributed by atoms with E-state index in [9.17, 15) is 19.2 Å². The minimum atomic E-state index is -1.24. The number of alkyl carbamates (subject to hydrolysis) is 1. The number of hydrogen-bond donors (Lipinski definition) is 3. The zero-order valence-corrected chi connectivity index (χ0v) is 20.1. The molecule has 0 aliphatic carbocycles. The van der Waals surface area contributed by atoms with E-state index in [1.807, 2.05) is 0 Å². The third-order valence-electron chi connectivity index (χ3n) is 4.17. The highest BCUT2D eigenvalue weighted by Gasteiger charge is 2.36. The van der Waals surface area contributed by atoms with Crippen LogP contribution in [0, 0.1) is 12.5 Å². The number of primary amides is 1. The molecule has 1 aromatic rings. The number of nitrogens with zero attached hydrogens (tertiary/aromatic N) is 1. The maximum absolute atomic E-state index is 13.5. The number of terminal acetylenes is 1. The van der Waals surface area contributed by atoms with Gasteiger partial charge in [-0.3, -0.25) is 19.3 Å². The van der Waals surface area contributed by atoms with Gasteiger partial charge in [0.15, 0.2) is 0 Å². The second kappa shape index (κ2) is 11.4. The van der Waals surface area contributed by atoms with E-state index in [1.165, 1.54) is 0 Å². The molecule has 1 rings (SSSR count). The molecule has 180 valence electrons. The van der Waals surface area contributed by atoms with E-state index in [-0.39, 0.29) is 12.8 Å². The van der Waals surface area contributed by atoms with Crippen molar-refractivity contribution in [1.82, 2.24) is 15.5 Å². The summed E-state index contributed by atoms with van der Waals surface area (Å²) in [6.45, 7) is 10.4. The van der Waals surface area contributed by atoms with Crippen molar-refractivity contribution >= 4 is 23.8 Å². The van der Waals surface area contributed by atoms with Crippen LogP contribution in [0.25, 0.3) is 0 Å². The summed E-state index contributed by atoms with van der Waals surface area (Å²) in [5.41, 5.74) is 4.32. The van der Waals surface area contributed by atoms with E-state index < -0.39 is 47.0 Å². The molecular formula is C24H34N4O5. The molecule has 0 saturated heterocycles. The number of benzene rings is 1. The normalized spacial score (nSPS) is 13.1.